The van der Waals surface area contributed by atoms with Crippen molar-refractivity contribution in [3.05, 3.63) is 84.5 Å². The molecule has 2 aromatic rings. The topological polar surface area (TPSA) is 126 Å². The zero-order chi connectivity index (χ0) is 34.7. The monoisotopic (exact) mass is 671 g/mol. The van der Waals surface area contributed by atoms with Gasteiger partial charge in [0.25, 0.3) is 5.91 Å². The quantitative estimate of drug-likeness (QED) is 0.255. The molecular formula is C38H45N3O8. The second kappa shape index (κ2) is 14.6. The molecule has 260 valence electrons. The third kappa shape index (κ3) is 6.37. The van der Waals surface area contributed by atoms with Crippen LogP contribution in [0.25, 0.3) is 0 Å². The number of nitrogens with zero attached hydrogens (tertiary/aromatic N) is 3. The van der Waals surface area contributed by atoms with Crippen LogP contribution in [0, 0.1) is 11.8 Å². The number of fused-ring (bicyclic) bond motifs is 2. The number of methoxy groups -OCH3 is 1. The predicted molar refractivity (Wildman–Crippen MR) is 181 cm³/mol. The Morgan fingerprint density at radius 1 is 0.959 bits per heavy atom. The van der Waals surface area contributed by atoms with Crippen LogP contribution in [0.2, 0.25) is 0 Å². The van der Waals surface area contributed by atoms with Crippen LogP contribution < -0.4 is 9.64 Å². The van der Waals surface area contributed by atoms with E-state index in [1.807, 2.05) is 49.4 Å². The Hall–Kier alpha value is -4.48. The molecule has 0 unspecified atom stereocenters. The molecule has 1 spiro atoms. The van der Waals surface area contributed by atoms with E-state index in [0.29, 0.717) is 37.1 Å². The van der Waals surface area contributed by atoms with Crippen LogP contribution in [0.15, 0.2) is 78.9 Å². The van der Waals surface area contributed by atoms with Gasteiger partial charge in [0.15, 0.2) is 0 Å². The van der Waals surface area contributed by atoms with Crippen molar-refractivity contribution in [2.75, 3.05) is 38.8 Å². The van der Waals surface area contributed by atoms with E-state index in [1.54, 1.807) is 65.3 Å². The van der Waals surface area contributed by atoms with Gasteiger partial charge in [0.1, 0.15) is 29.4 Å². The number of carbonyl (C=O) groups is 4. The first-order chi connectivity index (χ1) is 23.7. The summed E-state index contributed by atoms with van der Waals surface area (Å²) in [5, 5.41) is 9.39. The first kappa shape index (κ1) is 34.4. The zero-order valence-corrected chi connectivity index (χ0v) is 28.3. The third-order valence-electron chi connectivity index (χ3n) is 10.4. The first-order valence-corrected chi connectivity index (χ1v) is 17.1. The third-order valence-corrected chi connectivity index (χ3v) is 10.4. The van der Waals surface area contributed by atoms with Crippen molar-refractivity contribution in [1.29, 1.82) is 0 Å². The van der Waals surface area contributed by atoms with Gasteiger partial charge in [0.05, 0.1) is 25.2 Å². The summed E-state index contributed by atoms with van der Waals surface area (Å²) in [5.74, 6) is -2.73. The van der Waals surface area contributed by atoms with E-state index >= 15 is 0 Å². The van der Waals surface area contributed by atoms with Crippen molar-refractivity contribution in [3.8, 4) is 5.75 Å². The number of anilines is 1. The highest BCUT2D eigenvalue weighted by Gasteiger charge is 2.73. The number of carbonyl (C=O) groups excluding carboxylic acids is 4. The van der Waals surface area contributed by atoms with Gasteiger partial charge in [-0.1, -0.05) is 54.6 Å². The number of hydrogen-bond donors (Lipinski definition) is 1. The number of aliphatic hydroxyl groups excluding tert-OH is 1. The summed E-state index contributed by atoms with van der Waals surface area (Å²) in [6.45, 7) is 2.33. The Morgan fingerprint density at radius 3 is 2.43 bits per heavy atom. The molecule has 0 aromatic heterocycles. The molecule has 0 aliphatic carbocycles. The average Bonchev–Trinajstić information content (AvgIpc) is 3.77. The van der Waals surface area contributed by atoms with E-state index in [0.717, 1.165) is 5.56 Å². The maximum Gasteiger partial charge on any atom is 0.313 e. The van der Waals surface area contributed by atoms with Crippen molar-refractivity contribution in [1.82, 2.24) is 9.80 Å². The highest BCUT2D eigenvalue weighted by Crippen LogP contribution is 2.56. The van der Waals surface area contributed by atoms with Gasteiger partial charge in [-0.25, -0.2) is 0 Å². The van der Waals surface area contributed by atoms with Crippen LogP contribution in [0.1, 0.15) is 50.7 Å². The summed E-state index contributed by atoms with van der Waals surface area (Å²) < 4.78 is 18.2. The largest absolute Gasteiger partial charge is 0.497 e. The molecule has 3 amide bonds. The minimum absolute atomic E-state index is 0.0314. The SMILES string of the molecule is COc1ccc(N2C/C=C\CCC(=O)N(C)[C@H](C)[C@@H](c3ccccc3)OC(=O)[C@@H]3[C@@H]4C=C[C@]5(O4)[C@H](C2=O)N(CCCCCO)C(=O)[C@@H]35)cc1. The fraction of sp³-hybridized carbons (Fsp3) is 0.474. The molecule has 6 rings (SSSR count). The Labute approximate surface area is 287 Å². The number of allylic oxidation sites excluding steroid dienone is 1. The maximum atomic E-state index is 14.9. The number of likely N-dealkylation sites (N-methyl/N-ethyl adjacent to an activating group) is 1. The highest BCUT2D eigenvalue weighted by molar-refractivity contribution is 6.05. The lowest BCUT2D eigenvalue weighted by atomic mass is 9.74. The Morgan fingerprint density at radius 2 is 1.71 bits per heavy atom. The van der Waals surface area contributed by atoms with Gasteiger partial charge >= 0.3 is 5.97 Å². The molecule has 49 heavy (non-hydrogen) atoms. The molecule has 2 fully saturated rings. The van der Waals surface area contributed by atoms with Crippen LogP contribution in [0.4, 0.5) is 5.69 Å². The van der Waals surface area contributed by atoms with Crippen LogP contribution in [-0.4, -0.2) is 96.2 Å². The summed E-state index contributed by atoms with van der Waals surface area (Å²) in [5.41, 5.74) is -0.0482. The van der Waals surface area contributed by atoms with Crippen molar-refractivity contribution in [2.24, 2.45) is 11.8 Å². The van der Waals surface area contributed by atoms with E-state index in [9.17, 15) is 24.3 Å². The maximum absolute atomic E-state index is 14.9. The van der Waals surface area contributed by atoms with E-state index < -0.39 is 47.7 Å². The molecular weight excluding hydrogens is 626 g/mol. The number of esters is 1. The van der Waals surface area contributed by atoms with E-state index in [-0.39, 0.29) is 43.8 Å². The van der Waals surface area contributed by atoms with Gasteiger partial charge < -0.3 is 34.0 Å². The fourth-order valence-electron chi connectivity index (χ4n) is 7.66. The van der Waals surface area contributed by atoms with Crippen LogP contribution in [0.3, 0.4) is 0 Å². The summed E-state index contributed by atoms with van der Waals surface area (Å²) in [6, 6.07) is 14.8. The lowest BCUT2D eigenvalue weighted by molar-refractivity contribution is -0.164. The zero-order valence-electron chi connectivity index (χ0n) is 28.3. The van der Waals surface area contributed by atoms with Gasteiger partial charge in [0.2, 0.25) is 11.8 Å². The number of ether oxygens (including phenoxy) is 3. The number of likely N-dealkylation sites (tertiary alicyclic amines) is 1. The normalized spacial score (nSPS) is 30.9. The second-order valence-electron chi connectivity index (χ2n) is 13.2. The molecule has 5 bridgehead atoms. The Kier molecular flexibility index (Phi) is 10.2. The molecule has 1 N–H and O–H groups in total. The number of cyclic esters (lactones) is 1. The van der Waals surface area contributed by atoms with Crippen molar-refractivity contribution < 1.29 is 38.5 Å². The second-order valence-corrected chi connectivity index (χ2v) is 13.2. The first-order valence-electron chi connectivity index (χ1n) is 17.1. The predicted octanol–water partition coefficient (Wildman–Crippen LogP) is 3.82. The Balaban J connectivity index is 1.43. The minimum Gasteiger partial charge on any atom is -0.497 e. The molecule has 2 saturated heterocycles. The molecule has 4 heterocycles. The molecule has 0 saturated carbocycles. The number of hydrogen-bond acceptors (Lipinski definition) is 8. The number of aliphatic hydroxyl groups is 1. The molecule has 2 aromatic carbocycles. The summed E-state index contributed by atoms with van der Waals surface area (Å²) in [7, 11) is 3.27. The van der Waals surface area contributed by atoms with E-state index in [2.05, 4.69) is 0 Å². The summed E-state index contributed by atoms with van der Waals surface area (Å²) >= 11 is 0. The van der Waals surface area contributed by atoms with Crippen molar-refractivity contribution in [2.45, 2.75) is 68.9 Å². The van der Waals surface area contributed by atoms with Gasteiger partial charge in [-0.2, -0.15) is 0 Å². The average molecular weight is 672 g/mol. The number of amides is 3. The van der Waals surface area contributed by atoms with Crippen molar-refractivity contribution >= 4 is 29.4 Å². The number of unbranched alkanes of at least 4 members (excludes halogenated alkanes) is 2. The standard InChI is InChI=1S/C38H45N3O8/c1-25-33(26-13-7-4-8-14-26)48-37(46)31-29-20-21-38(49-29)32(31)35(44)41(23-11-6-12-24-42)34(38)36(45)40(27-16-18-28(47-3)19-17-27)22-10-5-9-15-30(43)39(25)2/h4-5,7-8,10,13-14,16-21,25,29,31-34,42H,6,9,11-12,15,22-24H2,1-3H3/b10-5-/t25-,29+,31-,32-,33+,34+,38-/m1/s1. The summed E-state index contributed by atoms with van der Waals surface area (Å²) in [4.78, 5) is 61.9. The lowest BCUT2D eigenvalue weighted by Gasteiger charge is -2.36. The lowest BCUT2D eigenvalue weighted by Crippen LogP contribution is -2.56. The van der Waals surface area contributed by atoms with Crippen LogP contribution in [-0.2, 0) is 28.7 Å². The smallest absolute Gasteiger partial charge is 0.313 e. The fourth-order valence-corrected chi connectivity index (χ4v) is 7.66. The van der Waals surface area contributed by atoms with Gasteiger partial charge in [-0.3, -0.25) is 19.2 Å². The molecule has 0 radical (unpaired) electrons. The van der Waals surface area contributed by atoms with E-state index in [1.165, 1.54) is 0 Å². The molecule has 4 aliphatic rings. The minimum atomic E-state index is -1.37. The highest BCUT2D eigenvalue weighted by atomic mass is 16.6. The molecule has 7 atom stereocenters. The van der Waals surface area contributed by atoms with Crippen molar-refractivity contribution in [3.63, 3.8) is 0 Å². The number of benzene rings is 2. The number of rotatable bonds is 8. The van der Waals surface area contributed by atoms with Crippen LogP contribution in [0.5, 0.6) is 5.75 Å². The molecule has 11 nitrogen and oxygen atoms in total. The molecule has 11 heteroatoms. The van der Waals surface area contributed by atoms with Gasteiger partial charge in [0, 0.05) is 38.9 Å². The van der Waals surface area contributed by atoms with E-state index in [4.69, 9.17) is 14.2 Å². The summed E-state index contributed by atoms with van der Waals surface area (Å²) in [6.07, 6.45) is 8.22. The van der Waals surface area contributed by atoms with Gasteiger partial charge in [-0.15, -0.1) is 0 Å². The van der Waals surface area contributed by atoms with Crippen LogP contribution >= 0.6 is 0 Å². The Bertz CT molecular complexity index is 1590. The van der Waals surface area contributed by atoms with Gasteiger partial charge in [-0.05, 0) is 62.4 Å². The molecule has 4 aliphatic heterocycles.